The largest absolute Gasteiger partial charge is 0.423 e. The number of hydrogen-bond donors (Lipinski definition) is 0. The second kappa shape index (κ2) is 4.67. The van der Waals surface area contributed by atoms with Gasteiger partial charge in [0.1, 0.15) is 5.58 Å². The van der Waals surface area contributed by atoms with Gasteiger partial charge in [0.05, 0.1) is 11.6 Å². The second-order valence-corrected chi connectivity index (χ2v) is 4.62. The van der Waals surface area contributed by atoms with Crippen molar-refractivity contribution >= 4 is 11.0 Å². The van der Waals surface area contributed by atoms with Crippen molar-refractivity contribution in [2.24, 2.45) is 0 Å². The Morgan fingerprint density at radius 1 is 1.05 bits per heavy atom. The molecular formula is C17H11NO2. The van der Waals surface area contributed by atoms with Gasteiger partial charge in [-0.15, -0.1) is 0 Å². The molecule has 2 aromatic carbocycles. The van der Waals surface area contributed by atoms with Crippen LogP contribution in [-0.4, -0.2) is 0 Å². The third-order valence-electron chi connectivity index (χ3n) is 3.31. The van der Waals surface area contributed by atoms with Crippen LogP contribution in [0.5, 0.6) is 0 Å². The fraction of sp³-hybridized carbons (Fsp3) is 0.0588. The smallest absolute Gasteiger partial charge is 0.336 e. The fourth-order valence-electron chi connectivity index (χ4n) is 2.33. The zero-order chi connectivity index (χ0) is 14.1. The summed E-state index contributed by atoms with van der Waals surface area (Å²) >= 11 is 0. The molecule has 3 heteroatoms. The van der Waals surface area contributed by atoms with Crippen molar-refractivity contribution in [3.8, 4) is 17.2 Å². The molecule has 0 aliphatic rings. The summed E-state index contributed by atoms with van der Waals surface area (Å²) in [6.45, 7) is 2.00. The van der Waals surface area contributed by atoms with Crippen LogP contribution in [0, 0.1) is 18.3 Å². The average Bonchev–Trinajstić information content (AvgIpc) is 2.46. The molecule has 0 aliphatic heterocycles. The van der Waals surface area contributed by atoms with E-state index in [9.17, 15) is 4.79 Å². The van der Waals surface area contributed by atoms with Crippen LogP contribution in [0.3, 0.4) is 0 Å². The third-order valence-corrected chi connectivity index (χ3v) is 3.31. The quantitative estimate of drug-likeness (QED) is 0.628. The topological polar surface area (TPSA) is 54.0 Å². The number of hydrogen-bond acceptors (Lipinski definition) is 3. The van der Waals surface area contributed by atoms with E-state index in [1.807, 2.05) is 43.3 Å². The lowest BCUT2D eigenvalue weighted by molar-refractivity contribution is 0.561. The number of rotatable bonds is 1. The molecule has 96 valence electrons. The van der Waals surface area contributed by atoms with Gasteiger partial charge in [0, 0.05) is 17.0 Å². The highest BCUT2D eigenvalue weighted by Gasteiger charge is 2.10. The van der Waals surface area contributed by atoms with Gasteiger partial charge in [0.15, 0.2) is 0 Å². The Morgan fingerprint density at radius 2 is 1.85 bits per heavy atom. The number of nitrogens with zero attached hydrogens (tertiary/aromatic N) is 1. The van der Waals surface area contributed by atoms with Gasteiger partial charge in [-0.25, -0.2) is 4.79 Å². The minimum Gasteiger partial charge on any atom is -0.423 e. The fourth-order valence-corrected chi connectivity index (χ4v) is 2.33. The van der Waals surface area contributed by atoms with Crippen LogP contribution in [0.15, 0.2) is 57.7 Å². The molecule has 0 saturated carbocycles. The van der Waals surface area contributed by atoms with Crippen LogP contribution in [-0.2, 0) is 0 Å². The van der Waals surface area contributed by atoms with Gasteiger partial charge in [0.2, 0.25) is 0 Å². The molecular weight excluding hydrogens is 250 g/mol. The number of aryl methyl sites for hydroxylation is 1. The molecule has 1 aromatic heterocycles. The average molecular weight is 261 g/mol. The lowest BCUT2D eigenvalue weighted by atomic mass is 9.97. The predicted molar refractivity (Wildman–Crippen MR) is 77.4 cm³/mol. The van der Waals surface area contributed by atoms with Crippen LogP contribution >= 0.6 is 0 Å². The van der Waals surface area contributed by atoms with Gasteiger partial charge in [0.25, 0.3) is 0 Å². The summed E-state index contributed by atoms with van der Waals surface area (Å²) in [6.07, 6.45) is 0. The lowest BCUT2D eigenvalue weighted by Gasteiger charge is -2.08. The van der Waals surface area contributed by atoms with E-state index >= 15 is 0 Å². The summed E-state index contributed by atoms with van der Waals surface area (Å²) in [5, 5.41) is 9.76. The summed E-state index contributed by atoms with van der Waals surface area (Å²) in [5.74, 6) is 0. The Kier molecular flexibility index (Phi) is 2.85. The highest BCUT2D eigenvalue weighted by atomic mass is 16.4. The second-order valence-electron chi connectivity index (χ2n) is 4.62. The van der Waals surface area contributed by atoms with E-state index < -0.39 is 5.63 Å². The standard InChI is InChI=1S/C17H11NO2/c1-11-4-2-3-5-13(11)15-9-17(19)20-16-8-12(10-18)6-7-14(15)16/h2-9H,1H3. The van der Waals surface area contributed by atoms with Gasteiger partial charge in [-0.3, -0.25) is 0 Å². The van der Waals surface area contributed by atoms with Gasteiger partial charge in [-0.2, -0.15) is 5.26 Å². The first-order valence-corrected chi connectivity index (χ1v) is 6.23. The molecule has 0 bridgehead atoms. The molecule has 0 amide bonds. The van der Waals surface area contributed by atoms with Crippen LogP contribution in [0.25, 0.3) is 22.1 Å². The molecule has 3 aromatic rings. The molecule has 0 atom stereocenters. The van der Waals surface area contributed by atoms with Crippen molar-refractivity contribution in [2.75, 3.05) is 0 Å². The monoisotopic (exact) mass is 261 g/mol. The first-order chi connectivity index (χ1) is 9.69. The highest BCUT2D eigenvalue weighted by molar-refractivity contribution is 5.94. The zero-order valence-corrected chi connectivity index (χ0v) is 10.9. The van der Waals surface area contributed by atoms with Gasteiger partial charge in [-0.1, -0.05) is 24.3 Å². The van der Waals surface area contributed by atoms with Crippen molar-refractivity contribution in [3.05, 3.63) is 70.1 Å². The molecule has 0 unspecified atom stereocenters. The van der Waals surface area contributed by atoms with E-state index in [-0.39, 0.29) is 0 Å². The Morgan fingerprint density at radius 3 is 2.60 bits per heavy atom. The molecule has 20 heavy (non-hydrogen) atoms. The van der Waals surface area contributed by atoms with Crippen molar-refractivity contribution in [1.82, 2.24) is 0 Å². The van der Waals surface area contributed by atoms with Crippen LogP contribution in [0.1, 0.15) is 11.1 Å². The number of nitriles is 1. The van der Waals surface area contributed by atoms with E-state index in [0.717, 1.165) is 22.1 Å². The molecule has 0 N–H and O–H groups in total. The maximum Gasteiger partial charge on any atom is 0.336 e. The van der Waals surface area contributed by atoms with E-state index in [0.29, 0.717) is 11.1 Å². The molecule has 1 heterocycles. The Balaban J connectivity index is 2.40. The third kappa shape index (κ3) is 1.98. The summed E-state index contributed by atoms with van der Waals surface area (Å²) in [5.41, 5.74) is 3.42. The first-order valence-electron chi connectivity index (χ1n) is 6.23. The number of fused-ring (bicyclic) bond motifs is 1. The van der Waals surface area contributed by atoms with Gasteiger partial charge in [-0.05, 0) is 36.2 Å². The minimum atomic E-state index is -0.411. The Hall–Kier alpha value is -2.86. The predicted octanol–water partition coefficient (Wildman–Crippen LogP) is 3.64. The zero-order valence-electron chi connectivity index (χ0n) is 10.9. The van der Waals surface area contributed by atoms with Gasteiger partial charge >= 0.3 is 5.63 Å². The SMILES string of the molecule is Cc1ccccc1-c1cc(=O)oc2cc(C#N)ccc12. The Bertz CT molecular complexity index is 901. The summed E-state index contributed by atoms with van der Waals surface area (Å²) in [7, 11) is 0. The molecule has 0 fully saturated rings. The molecule has 0 saturated heterocycles. The minimum absolute atomic E-state index is 0.411. The summed E-state index contributed by atoms with van der Waals surface area (Å²) < 4.78 is 5.20. The van der Waals surface area contributed by atoms with E-state index in [4.69, 9.17) is 9.68 Å². The summed E-state index contributed by atoms with van der Waals surface area (Å²) in [6, 6.07) is 16.6. The molecule has 3 rings (SSSR count). The number of benzene rings is 2. The molecule has 3 nitrogen and oxygen atoms in total. The van der Waals surface area contributed by atoms with Crippen molar-refractivity contribution in [2.45, 2.75) is 6.92 Å². The van der Waals surface area contributed by atoms with Crippen LogP contribution in [0.4, 0.5) is 0 Å². The maximum absolute atomic E-state index is 11.7. The first kappa shape index (κ1) is 12.2. The molecule has 0 aliphatic carbocycles. The van der Waals surface area contributed by atoms with Crippen molar-refractivity contribution in [1.29, 1.82) is 5.26 Å². The maximum atomic E-state index is 11.7. The van der Waals surface area contributed by atoms with Crippen molar-refractivity contribution < 1.29 is 4.42 Å². The molecule has 0 spiro atoms. The lowest BCUT2D eigenvalue weighted by Crippen LogP contribution is -1.99. The van der Waals surface area contributed by atoms with Crippen LogP contribution in [0.2, 0.25) is 0 Å². The Labute approximate surface area is 115 Å². The van der Waals surface area contributed by atoms with Crippen molar-refractivity contribution in [3.63, 3.8) is 0 Å². The normalized spacial score (nSPS) is 10.4. The summed E-state index contributed by atoms with van der Waals surface area (Å²) in [4.78, 5) is 11.7. The molecule has 0 radical (unpaired) electrons. The van der Waals surface area contributed by atoms with Gasteiger partial charge < -0.3 is 4.42 Å². The van der Waals surface area contributed by atoms with Crippen LogP contribution < -0.4 is 5.63 Å². The van der Waals surface area contributed by atoms with E-state index in [2.05, 4.69) is 0 Å². The highest BCUT2D eigenvalue weighted by Crippen LogP contribution is 2.29. The van der Waals surface area contributed by atoms with E-state index in [1.54, 1.807) is 12.1 Å². The van der Waals surface area contributed by atoms with E-state index in [1.165, 1.54) is 6.07 Å².